The highest BCUT2D eigenvalue weighted by Gasteiger charge is 2.59. The molecule has 0 amide bonds. The number of rotatable bonds is 3. The lowest BCUT2D eigenvalue weighted by molar-refractivity contribution is -0.122. The Morgan fingerprint density at radius 2 is 1.70 bits per heavy atom. The van der Waals surface area contributed by atoms with Crippen LogP contribution in [0.25, 0.3) is 0 Å². The van der Waals surface area contributed by atoms with Gasteiger partial charge in [0.1, 0.15) is 5.78 Å². The van der Waals surface area contributed by atoms with E-state index in [2.05, 4.69) is 19.9 Å². The van der Waals surface area contributed by atoms with Crippen molar-refractivity contribution >= 4 is 11.6 Å². The summed E-state index contributed by atoms with van der Waals surface area (Å²) >= 11 is 0. The molecule has 0 N–H and O–H groups in total. The summed E-state index contributed by atoms with van der Waals surface area (Å²) in [5.74, 6) is 3.27. The third-order valence-corrected chi connectivity index (χ3v) is 10.1. The summed E-state index contributed by atoms with van der Waals surface area (Å²) in [6, 6.07) is 9.97. The van der Waals surface area contributed by atoms with E-state index in [4.69, 9.17) is 0 Å². The van der Waals surface area contributed by atoms with Gasteiger partial charge in [0.15, 0.2) is 5.78 Å². The molecule has 4 aliphatic carbocycles. The number of benzene rings is 1. The van der Waals surface area contributed by atoms with Crippen LogP contribution in [0.3, 0.4) is 0 Å². The van der Waals surface area contributed by atoms with Crippen molar-refractivity contribution in [2.24, 2.45) is 40.4 Å². The Kier molecular flexibility index (Phi) is 4.84. The van der Waals surface area contributed by atoms with E-state index >= 15 is 0 Å². The first-order valence-electron chi connectivity index (χ1n) is 12.1. The molecule has 30 heavy (non-hydrogen) atoms. The van der Waals surface area contributed by atoms with E-state index in [9.17, 15) is 9.59 Å². The SMILES string of the molecule is CC(=O)C1CCC2(C)C(=CCC3C2CCC2(C)C3CC[C@@H]2C(=O)c2ccccc2)C1. The Bertz CT molecular complexity index is 883. The Hall–Kier alpha value is -1.70. The molecule has 0 aliphatic heterocycles. The van der Waals surface area contributed by atoms with Gasteiger partial charge >= 0.3 is 0 Å². The average molecular weight is 405 g/mol. The van der Waals surface area contributed by atoms with Gasteiger partial charge in [-0.2, -0.15) is 0 Å². The molecule has 0 bridgehead atoms. The van der Waals surface area contributed by atoms with Crippen molar-refractivity contribution in [1.82, 2.24) is 0 Å². The van der Waals surface area contributed by atoms with Gasteiger partial charge in [0, 0.05) is 17.4 Å². The maximum atomic E-state index is 13.4. The maximum Gasteiger partial charge on any atom is 0.166 e. The van der Waals surface area contributed by atoms with Crippen LogP contribution in [0.5, 0.6) is 0 Å². The first-order chi connectivity index (χ1) is 14.3. The van der Waals surface area contributed by atoms with Crippen LogP contribution in [0.15, 0.2) is 42.0 Å². The Morgan fingerprint density at radius 1 is 0.933 bits per heavy atom. The fourth-order valence-corrected chi connectivity index (χ4v) is 8.24. The quantitative estimate of drug-likeness (QED) is 0.417. The molecular weight excluding hydrogens is 368 g/mol. The summed E-state index contributed by atoms with van der Waals surface area (Å²) in [6.45, 7) is 6.70. The van der Waals surface area contributed by atoms with Gasteiger partial charge in [-0.1, -0.05) is 55.8 Å². The monoisotopic (exact) mass is 404 g/mol. The molecule has 0 spiro atoms. The molecule has 2 heteroatoms. The molecule has 1 aromatic rings. The molecule has 3 fully saturated rings. The van der Waals surface area contributed by atoms with Gasteiger partial charge in [0.25, 0.3) is 0 Å². The van der Waals surface area contributed by atoms with E-state index < -0.39 is 0 Å². The van der Waals surface area contributed by atoms with Crippen LogP contribution in [0.1, 0.15) is 82.5 Å². The standard InChI is InChI=1S/C28H36O2/c1-18(29)20-13-15-27(2)21(17-20)9-10-22-23-11-12-25(28(23,3)16-14-24(22)27)26(30)19-7-5-4-6-8-19/h4-9,20,22-25H,10-17H2,1-3H3/t20?,22?,23?,24?,25-,27?,28?/m1/s1. The zero-order chi connectivity index (χ0) is 21.1. The van der Waals surface area contributed by atoms with E-state index in [1.54, 1.807) is 12.5 Å². The minimum absolute atomic E-state index is 0.145. The molecule has 1 aromatic carbocycles. The Labute approximate surface area is 181 Å². The van der Waals surface area contributed by atoms with Gasteiger partial charge in [-0.3, -0.25) is 9.59 Å². The van der Waals surface area contributed by atoms with Crippen molar-refractivity contribution in [3.8, 4) is 0 Å². The van der Waals surface area contributed by atoms with E-state index in [0.717, 1.165) is 37.2 Å². The predicted molar refractivity (Wildman–Crippen MR) is 120 cm³/mol. The van der Waals surface area contributed by atoms with Gasteiger partial charge in [-0.25, -0.2) is 0 Å². The predicted octanol–water partition coefficient (Wildman–Crippen LogP) is 6.65. The topological polar surface area (TPSA) is 34.1 Å². The van der Waals surface area contributed by atoms with Gasteiger partial charge in [-0.05, 0) is 86.9 Å². The highest BCUT2D eigenvalue weighted by Crippen LogP contribution is 2.66. The van der Waals surface area contributed by atoms with E-state index in [1.165, 1.54) is 25.7 Å². The molecule has 4 aliphatic rings. The number of fused-ring (bicyclic) bond motifs is 5. The highest BCUT2D eigenvalue weighted by atomic mass is 16.1. The van der Waals surface area contributed by atoms with Crippen molar-refractivity contribution in [2.45, 2.75) is 72.1 Å². The van der Waals surface area contributed by atoms with E-state index in [0.29, 0.717) is 23.4 Å². The summed E-state index contributed by atoms with van der Waals surface area (Å²) in [7, 11) is 0. The second kappa shape index (κ2) is 7.18. The zero-order valence-corrected chi connectivity index (χ0v) is 18.8. The zero-order valence-electron chi connectivity index (χ0n) is 18.8. The molecule has 6 unspecified atom stereocenters. The van der Waals surface area contributed by atoms with Gasteiger partial charge in [0.2, 0.25) is 0 Å². The van der Waals surface area contributed by atoms with Crippen LogP contribution >= 0.6 is 0 Å². The smallest absolute Gasteiger partial charge is 0.166 e. The normalized spacial score (nSPS) is 42.5. The third-order valence-electron chi connectivity index (χ3n) is 10.1. The number of carbonyl (C=O) groups is 2. The van der Waals surface area contributed by atoms with Crippen molar-refractivity contribution in [3.63, 3.8) is 0 Å². The fourth-order valence-electron chi connectivity index (χ4n) is 8.24. The molecule has 160 valence electrons. The van der Waals surface area contributed by atoms with Gasteiger partial charge in [0.05, 0.1) is 0 Å². The Morgan fingerprint density at radius 3 is 2.43 bits per heavy atom. The summed E-state index contributed by atoms with van der Waals surface area (Å²) in [6.07, 6.45) is 11.6. The van der Waals surface area contributed by atoms with Gasteiger partial charge in [-0.15, -0.1) is 0 Å². The lowest BCUT2D eigenvalue weighted by Gasteiger charge is -2.58. The van der Waals surface area contributed by atoms with E-state index in [-0.39, 0.29) is 22.7 Å². The summed E-state index contributed by atoms with van der Waals surface area (Å²) in [5, 5.41) is 0. The minimum Gasteiger partial charge on any atom is -0.300 e. The highest BCUT2D eigenvalue weighted by molar-refractivity contribution is 5.98. The first-order valence-corrected chi connectivity index (χ1v) is 12.1. The summed E-state index contributed by atoms with van der Waals surface area (Å²) < 4.78 is 0. The summed E-state index contributed by atoms with van der Waals surface area (Å²) in [4.78, 5) is 25.4. The van der Waals surface area contributed by atoms with Crippen LogP contribution in [0, 0.1) is 40.4 Å². The van der Waals surface area contributed by atoms with Crippen LogP contribution in [-0.4, -0.2) is 11.6 Å². The number of Topliss-reactive ketones (excluding diaryl/α,β-unsaturated/α-hetero) is 2. The minimum atomic E-state index is 0.145. The second-order valence-corrected chi connectivity index (χ2v) is 11.2. The number of ketones is 2. The van der Waals surface area contributed by atoms with E-state index in [1.807, 2.05) is 30.3 Å². The average Bonchev–Trinajstić information content (AvgIpc) is 3.10. The number of allylic oxidation sites excluding steroid dienone is 2. The lowest BCUT2D eigenvalue weighted by Crippen LogP contribution is -2.50. The summed E-state index contributed by atoms with van der Waals surface area (Å²) in [5.41, 5.74) is 2.89. The molecule has 5 rings (SSSR count). The third kappa shape index (κ3) is 2.89. The molecule has 3 saturated carbocycles. The first kappa shape index (κ1) is 20.2. The number of hydrogen-bond donors (Lipinski definition) is 0. The molecule has 2 nitrogen and oxygen atoms in total. The molecule has 7 atom stereocenters. The van der Waals surface area contributed by atoms with Crippen LogP contribution in [-0.2, 0) is 4.79 Å². The molecule has 0 aromatic heterocycles. The van der Waals surface area contributed by atoms with Crippen molar-refractivity contribution in [1.29, 1.82) is 0 Å². The fraction of sp³-hybridized carbons (Fsp3) is 0.643. The maximum absolute atomic E-state index is 13.4. The van der Waals surface area contributed by atoms with Crippen LogP contribution in [0.4, 0.5) is 0 Å². The largest absolute Gasteiger partial charge is 0.300 e. The van der Waals surface area contributed by atoms with Crippen molar-refractivity contribution in [2.75, 3.05) is 0 Å². The van der Waals surface area contributed by atoms with Crippen molar-refractivity contribution in [3.05, 3.63) is 47.5 Å². The van der Waals surface area contributed by atoms with Gasteiger partial charge < -0.3 is 0 Å². The number of hydrogen-bond acceptors (Lipinski definition) is 2. The van der Waals surface area contributed by atoms with Crippen LogP contribution in [0.2, 0.25) is 0 Å². The van der Waals surface area contributed by atoms with Crippen molar-refractivity contribution < 1.29 is 9.59 Å². The molecule has 0 saturated heterocycles. The second-order valence-electron chi connectivity index (χ2n) is 11.2. The number of carbonyl (C=O) groups excluding carboxylic acids is 2. The molecule has 0 radical (unpaired) electrons. The Balaban J connectivity index is 1.41. The lowest BCUT2D eigenvalue weighted by atomic mass is 9.46. The molecular formula is C28H36O2. The molecule has 0 heterocycles. The van der Waals surface area contributed by atoms with Crippen LogP contribution < -0.4 is 0 Å².